The molecule has 3 rings (SSSR count). The average molecular weight is 423 g/mol. The van der Waals surface area contributed by atoms with Crippen LogP contribution in [-0.4, -0.2) is 23.3 Å². The molecule has 0 saturated heterocycles. The van der Waals surface area contributed by atoms with E-state index in [1.54, 1.807) is 6.07 Å². The SMILES string of the molecule is CNc1ccc(-c2nc(-c3ccc(OC(C)C)c(Cl)c3)no2)cc1Br. The molecule has 3 aromatic rings. The van der Waals surface area contributed by atoms with E-state index >= 15 is 0 Å². The van der Waals surface area contributed by atoms with Crippen molar-refractivity contribution >= 4 is 33.2 Å². The number of halogens is 2. The summed E-state index contributed by atoms with van der Waals surface area (Å²) in [5.74, 6) is 1.55. The van der Waals surface area contributed by atoms with Gasteiger partial charge in [0.15, 0.2) is 0 Å². The standard InChI is InChI=1S/C18H17BrClN3O2/c1-10(2)24-16-7-5-11(9-14(16)20)17-22-18(25-23-17)12-4-6-15(21-3)13(19)8-12/h4-10,21H,1-3H3. The van der Waals surface area contributed by atoms with Crippen LogP contribution in [0.15, 0.2) is 45.4 Å². The minimum absolute atomic E-state index is 0.0548. The molecule has 0 fully saturated rings. The average Bonchev–Trinajstić information content (AvgIpc) is 3.06. The van der Waals surface area contributed by atoms with E-state index in [2.05, 4.69) is 31.4 Å². The lowest BCUT2D eigenvalue weighted by Crippen LogP contribution is -2.05. The summed E-state index contributed by atoms with van der Waals surface area (Å²) >= 11 is 9.79. The van der Waals surface area contributed by atoms with Gasteiger partial charge in [-0.05, 0) is 66.2 Å². The van der Waals surface area contributed by atoms with Crippen LogP contribution < -0.4 is 10.1 Å². The van der Waals surface area contributed by atoms with Gasteiger partial charge in [0, 0.05) is 28.3 Å². The quantitative estimate of drug-likeness (QED) is 0.576. The third-order valence-corrected chi connectivity index (χ3v) is 4.42. The molecule has 2 aromatic carbocycles. The molecule has 1 heterocycles. The van der Waals surface area contributed by atoms with E-state index in [-0.39, 0.29) is 6.10 Å². The molecule has 0 aliphatic carbocycles. The van der Waals surface area contributed by atoms with E-state index in [0.29, 0.717) is 22.5 Å². The summed E-state index contributed by atoms with van der Waals surface area (Å²) in [4.78, 5) is 4.46. The first kappa shape index (κ1) is 17.8. The summed E-state index contributed by atoms with van der Waals surface area (Å²) in [6.45, 7) is 3.90. The molecule has 0 bridgehead atoms. The second kappa shape index (κ2) is 7.45. The fraction of sp³-hybridized carbons (Fsp3) is 0.222. The monoisotopic (exact) mass is 421 g/mol. The predicted octanol–water partition coefficient (Wildman–Crippen LogP) is 5.65. The van der Waals surface area contributed by atoms with E-state index in [1.165, 1.54) is 0 Å². The number of hydrogen-bond acceptors (Lipinski definition) is 5. The maximum atomic E-state index is 6.28. The lowest BCUT2D eigenvalue weighted by molar-refractivity contribution is 0.242. The molecular formula is C18H17BrClN3O2. The summed E-state index contributed by atoms with van der Waals surface area (Å²) in [5.41, 5.74) is 2.58. The van der Waals surface area contributed by atoms with Crippen LogP contribution in [0.1, 0.15) is 13.8 Å². The molecule has 0 amide bonds. The van der Waals surface area contributed by atoms with Crippen LogP contribution >= 0.6 is 27.5 Å². The Bertz CT molecular complexity index is 896. The molecule has 0 aliphatic rings. The molecular weight excluding hydrogens is 406 g/mol. The van der Waals surface area contributed by atoms with Crippen molar-refractivity contribution in [2.45, 2.75) is 20.0 Å². The molecule has 0 aliphatic heterocycles. The van der Waals surface area contributed by atoms with Crippen molar-refractivity contribution in [1.82, 2.24) is 10.1 Å². The number of ether oxygens (including phenoxy) is 1. The number of nitrogens with zero attached hydrogens (tertiary/aromatic N) is 2. The summed E-state index contributed by atoms with van der Waals surface area (Å²) in [6.07, 6.45) is 0.0548. The van der Waals surface area contributed by atoms with Gasteiger partial charge in [0.25, 0.3) is 5.89 Å². The van der Waals surface area contributed by atoms with Gasteiger partial charge in [0.2, 0.25) is 5.82 Å². The molecule has 0 unspecified atom stereocenters. The highest BCUT2D eigenvalue weighted by atomic mass is 79.9. The highest BCUT2D eigenvalue weighted by molar-refractivity contribution is 9.10. The smallest absolute Gasteiger partial charge is 0.258 e. The summed E-state index contributed by atoms with van der Waals surface area (Å²) in [6, 6.07) is 11.2. The molecule has 5 nitrogen and oxygen atoms in total. The fourth-order valence-electron chi connectivity index (χ4n) is 2.30. The molecule has 0 saturated carbocycles. The van der Waals surface area contributed by atoms with Gasteiger partial charge in [-0.3, -0.25) is 0 Å². The summed E-state index contributed by atoms with van der Waals surface area (Å²) in [7, 11) is 1.86. The van der Waals surface area contributed by atoms with Crippen LogP contribution in [0.4, 0.5) is 5.69 Å². The van der Waals surface area contributed by atoms with E-state index in [1.807, 2.05) is 51.2 Å². The zero-order valence-electron chi connectivity index (χ0n) is 14.0. The molecule has 7 heteroatoms. The van der Waals surface area contributed by atoms with Crippen LogP contribution in [0.2, 0.25) is 5.02 Å². The number of rotatable bonds is 5. The van der Waals surface area contributed by atoms with Gasteiger partial charge < -0.3 is 14.6 Å². The zero-order chi connectivity index (χ0) is 18.0. The van der Waals surface area contributed by atoms with Crippen molar-refractivity contribution in [2.24, 2.45) is 0 Å². The van der Waals surface area contributed by atoms with Crippen LogP contribution in [0, 0.1) is 0 Å². The van der Waals surface area contributed by atoms with Crippen molar-refractivity contribution in [1.29, 1.82) is 0 Å². The van der Waals surface area contributed by atoms with Crippen molar-refractivity contribution in [3.05, 3.63) is 45.9 Å². The second-order valence-electron chi connectivity index (χ2n) is 5.68. The van der Waals surface area contributed by atoms with Crippen molar-refractivity contribution < 1.29 is 9.26 Å². The van der Waals surface area contributed by atoms with Crippen molar-refractivity contribution in [3.63, 3.8) is 0 Å². The van der Waals surface area contributed by atoms with Gasteiger partial charge in [0.1, 0.15) is 5.75 Å². The maximum Gasteiger partial charge on any atom is 0.258 e. The van der Waals surface area contributed by atoms with Gasteiger partial charge in [-0.25, -0.2) is 0 Å². The molecule has 1 N–H and O–H groups in total. The van der Waals surface area contributed by atoms with Gasteiger partial charge in [0.05, 0.1) is 11.1 Å². The molecule has 0 atom stereocenters. The topological polar surface area (TPSA) is 60.2 Å². The molecule has 130 valence electrons. The first-order valence-electron chi connectivity index (χ1n) is 7.76. The summed E-state index contributed by atoms with van der Waals surface area (Å²) < 4.78 is 12.0. The van der Waals surface area contributed by atoms with Crippen LogP contribution in [0.3, 0.4) is 0 Å². The Kier molecular flexibility index (Phi) is 5.30. The van der Waals surface area contributed by atoms with Gasteiger partial charge >= 0.3 is 0 Å². The number of anilines is 1. The number of aromatic nitrogens is 2. The minimum Gasteiger partial charge on any atom is -0.489 e. The highest BCUT2D eigenvalue weighted by Crippen LogP contribution is 2.32. The molecule has 25 heavy (non-hydrogen) atoms. The zero-order valence-corrected chi connectivity index (χ0v) is 16.4. The molecule has 1 aromatic heterocycles. The first-order valence-corrected chi connectivity index (χ1v) is 8.93. The van der Waals surface area contributed by atoms with Gasteiger partial charge in [-0.2, -0.15) is 4.98 Å². The summed E-state index contributed by atoms with van der Waals surface area (Å²) in [5, 5.41) is 7.65. The van der Waals surface area contributed by atoms with E-state index < -0.39 is 0 Å². The fourth-order valence-corrected chi connectivity index (χ4v) is 3.10. The Labute approximate surface area is 159 Å². The van der Waals surface area contributed by atoms with E-state index in [9.17, 15) is 0 Å². The second-order valence-corrected chi connectivity index (χ2v) is 6.94. The van der Waals surface area contributed by atoms with E-state index in [4.69, 9.17) is 20.9 Å². The normalized spacial score (nSPS) is 11.0. The lowest BCUT2D eigenvalue weighted by atomic mass is 10.2. The van der Waals surface area contributed by atoms with Crippen LogP contribution in [0.5, 0.6) is 5.75 Å². The lowest BCUT2D eigenvalue weighted by Gasteiger charge is -2.11. The van der Waals surface area contributed by atoms with Gasteiger partial charge in [-0.15, -0.1) is 0 Å². The Balaban J connectivity index is 1.88. The number of hydrogen-bond donors (Lipinski definition) is 1. The Morgan fingerprint density at radius 3 is 2.56 bits per heavy atom. The van der Waals surface area contributed by atoms with Crippen molar-refractivity contribution in [3.8, 4) is 28.6 Å². The predicted molar refractivity (Wildman–Crippen MR) is 103 cm³/mol. The third kappa shape index (κ3) is 3.96. The van der Waals surface area contributed by atoms with Crippen LogP contribution in [-0.2, 0) is 0 Å². The Hall–Kier alpha value is -2.05. The first-order chi connectivity index (χ1) is 12.0. The molecule has 0 spiro atoms. The number of benzene rings is 2. The Morgan fingerprint density at radius 2 is 1.92 bits per heavy atom. The minimum atomic E-state index is 0.0548. The van der Waals surface area contributed by atoms with Crippen LogP contribution in [0.25, 0.3) is 22.8 Å². The Morgan fingerprint density at radius 1 is 1.16 bits per heavy atom. The maximum absolute atomic E-state index is 6.28. The third-order valence-electron chi connectivity index (χ3n) is 3.46. The molecule has 0 radical (unpaired) electrons. The highest BCUT2D eigenvalue weighted by Gasteiger charge is 2.14. The van der Waals surface area contributed by atoms with Crippen molar-refractivity contribution in [2.75, 3.05) is 12.4 Å². The largest absolute Gasteiger partial charge is 0.489 e. The van der Waals surface area contributed by atoms with E-state index in [0.717, 1.165) is 21.3 Å². The number of nitrogens with one attached hydrogen (secondary N) is 1. The van der Waals surface area contributed by atoms with Gasteiger partial charge in [-0.1, -0.05) is 16.8 Å².